The number of hydrogen-bond donors (Lipinski definition) is 1. The van der Waals surface area contributed by atoms with Crippen molar-refractivity contribution in [2.24, 2.45) is 0 Å². The quantitative estimate of drug-likeness (QED) is 0.169. The summed E-state index contributed by atoms with van der Waals surface area (Å²) < 4.78 is 4.50. The molecule has 1 unspecified atom stereocenters. The minimum Gasteiger partial charge on any atom is -1.00 e. The van der Waals surface area contributed by atoms with Crippen LogP contribution in [0.5, 0.6) is 0 Å². The molecular weight excluding hydrogens is 379 g/mol. The molecule has 0 heterocycles. The molecule has 0 aliphatic rings. The number of carbonyl (C=O) groups excluding carboxylic acids is 2. The molecule has 1 atom stereocenters. The van der Waals surface area contributed by atoms with Crippen molar-refractivity contribution in [2.45, 2.75) is 123 Å². The number of hydrogen-bond acceptors (Lipinski definition) is 4. The van der Waals surface area contributed by atoms with E-state index >= 15 is 0 Å². The molecule has 1 N–H and O–H groups in total. The van der Waals surface area contributed by atoms with Crippen molar-refractivity contribution in [1.29, 1.82) is 0 Å². The monoisotopic (exact) mass is 422 g/mol. The Kier molecular flexibility index (Phi) is 31.0. The van der Waals surface area contributed by atoms with Gasteiger partial charge in [-0.25, -0.2) is 4.79 Å². The van der Waals surface area contributed by atoms with Crippen LogP contribution in [0, 0.1) is 0 Å². The van der Waals surface area contributed by atoms with Gasteiger partial charge in [-0.15, -0.1) is 0 Å². The predicted octanol–water partition coefficient (Wildman–Crippen LogP) is 2.66. The van der Waals surface area contributed by atoms with Gasteiger partial charge in [-0.05, 0) is 13.3 Å². The van der Waals surface area contributed by atoms with Gasteiger partial charge in [0.25, 0.3) is 0 Å². The fraction of sp³-hybridized carbons (Fsp3) is 0.905. The van der Waals surface area contributed by atoms with E-state index in [1.807, 2.05) is 0 Å². The minimum absolute atomic E-state index is 0. The van der Waals surface area contributed by atoms with Crippen molar-refractivity contribution in [2.75, 3.05) is 0 Å². The molecular formula is C21H43CaNaO4. The van der Waals surface area contributed by atoms with Crippen molar-refractivity contribution in [3.8, 4) is 0 Å². The molecule has 0 aliphatic heterocycles. The Labute approximate surface area is 223 Å². The average molecular weight is 423 g/mol. The first-order valence-electron chi connectivity index (χ1n) is 10.5. The van der Waals surface area contributed by atoms with Crippen LogP contribution in [-0.2, 0) is 14.3 Å². The Bertz CT molecular complexity index is 352. The standard InChI is InChI=1S/C21H40O4.Ca.Na.3H/c1-3-4-5-6-7-8-9-10-11-12-13-14-15-16-17-18-20(23)25-21(24)19(2)22;;;;;/h19,22H,3-18H2,1-2H3;;;;;/q;+2;+1;3*-1. The Hall–Kier alpha value is 1.36. The van der Waals surface area contributed by atoms with Crippen LogP contribution in [0.1, 0.15) is 121 Å². The second-order valence-corrected chi connectivity index (χ2v) is 7.17. The van der Waals surface area contributed by atoms with Crippen molar-refractivity contribution in [1.82, 2.24) is 0 Å². The molecule has 6 heteroatoms. The van der Waals surface area contributed by atoms with E-state index < -0.39 is 18.0 Å². The molecule has 0 bridgehead atoms. The number of ether oxygens (including phenoxy) is 1. The number of esters is 2. The molecule has 0 saturated heterocycles. The number of unbranched alkanes of at least 4 members (excludes halogenated alkanes) is 14. The summed E-state index contributed by atoms with van der Waals surface area (Å²) in [6.07, 6.45) is 18.2. The van der Waals surface area contributed by atoms with Crippen molar-refractivity contribution in [3.63, 3.8) is 0 Å². The summed E-state index contributed by atoms with van der Waals surface area (Å²) >= 11 is 0. The molecule has 0 aromatic rings. The van der Waals surface area contributed by atoms with E-state index in [4.69, 9.17) is 5.11 Å². The molecule has 0 spiro atoms. The van der Waals surface area contributed by atoms with Crippen LogP contribution in [0.25, 0.3) is 0 Å². The summed E-state index contributed by atoms with van der Waals surface area (Å²) in [5.74, 6) is -1.38. The zero-order valence-corrected chi connectivity index (χ0v) is 22.5. The van der Waals surface area contributed by atoms with Crippen LogP contribution in [0.3, 0.4) is 0 Å². The summed E-state index contributed by atoms with van der Waals surface area (Å²) in [6.45, 7) is 3.55. The average Bonchev–Trinajstić information content (AvgIpc) is 2.58. The Morgan fingerprint density at radius 3 is 1.44 bits per heavy atom. The maximum atomic E-state index is 11.3. The van der Waals surface area contributed by atoms with E-state index in [0.717, 1.165) is 19.3 Å². The first-order chi connectivity index (χ1) is 12.1. The van der Waals surface area contributed by atoms with E-state index in [9.17, 15) is 9.59 Å². The summed E-state index contributed by atoms with van der Waals surface area (Å²) in [6, 6.07) is 0. The van der Waals surface area contributed by atoms with Gasteiger partial charge < -0.3 is 14.1 Å². The fourth-order valence-corrected chi connectivity index (χ4v) is 2.89. The Morgan fingerprint density at radius 2 is 1.11 bits per heavy atom. The number of aliphatic hydroxyl groups is 1. The molecule has 4 nitrogen and oxygen atoms in total. The second-order valence-electron chi connectivity index (χ2n) is 7.17. The van der Waals surface area contributed by atoms with E-state index in [2.05, 4.69) is 11.7 Å². The first-order valence-corrected chi connectivity index (χ1v) is 10.5. The third-order valence-corrected chi connectivity index (χ3v) is 4.54. The molecule has 154 valence electrons. The van der Waals surface area contributed by atoms with Crippen LogP contribution < -0.4 is 29.6 Å². The summed E-state index contributed by atoms with van der Waals surface area (Å²) in [7, 11) is 0. The van der Waals surface area contributed by atoms with Gasteiger partial charge in [0.2, 0.25) is 0 Å². The third kappa shape index (κ3) is 25.3. The van der Waals surface area contributed by atoms with Crippen molar-refractivity contribution < 1.29 is 53.3 Å². The SMILES string of the molecule is CCCCCCCCCCCCCCCCCC(=O)OC(=O)C(C)O.[Ca+2].[H-].[H-].[H-].[Na+]. The largest absolute Gasteiger partial charge is 2.00 e. The smallest absolute Gasteiger partial charge is 1.00 e. The van der Waals surface area contributed by atoms with E-state index in [1.54, 1.807) is 0 Å². The van der Waals surface area contributed by atoms with Gasteiger partial charge in [-0.3, -0.25) is 4.79 Å². The van der Waals surface area contributed by atoms with E-state index in [-0.39, 0.29) is 78.0 Å². The Balaban J connectivity index is -0.000000288. The van der Waals surface area contributed by atoms with Crippen LogP contribution in [-0.4, -0.2) is 60.9 Å². The number of rotatable bonds is 17. The Morgan fingerprint density at radius 1 is 0.778 bits per heavy atom. The van der Waals surface area contributed by atoms with Crippen molar-refractivity contribution >= 4 is 49.7 Å². The molecule has 0 amide bonds. The normalized spacial score (nSPS) is 11.2. The fourth-order valence-electron chi connectivity index (χ4n) is 2.89. The van der Waals surface area contributed by atoms with Crippen LogP contribution in [0.15, 0.2) is 0 Å². The molecule has 0 saturated carbocycles. The predicted molar refractivity (Wildman–Crippen MR) is 111 cm³/mol. The summed E-state index contributed by atoms with van der Waals surface area (Å²) in [5.41, 5.74) is 0. The van der Waals surface area contributed by atoms with Gasteiger partial charge >= 0.3 is 79.2 Å². The molecule has 0 rings (SSSR count). The second kappa shape index (κ2) is 25.4. The number of aliphatic hydroxyl groups excluding tert-OH is 1. The van der Waals surface area contributed by atoms with Gasteiger partial charge in [-0.1, -0.05) is 96.8 Å². The first kappa shape index (κ1) is 33.0. The van der Waals surface area contributed by atoms with Crippen LogP contribution in [0.4, 0.5) is 0 Å². The molecule has 0 radical (unpaired) electrons. The maximum absolute atomic E-state index is 11.3. The number of carbonyl (C=O) groups is 2. The zero-order valence-electron chi connectivity index (χ0n) is 21.3. The maximum Gasteiger partial charge on any atom is 2.00 e. The van der Waals surface area contributed by atoms with Crippen LogP contribution >= 0.6 is 0 Å². The topological polar surface area (TPSA) is 63.6 Å². The molecule has 0 aromatic carbocycles. The van der Waals surface area contributed by atoms with Gasteiger partial charge in [-0.2, -0.15) is 0 Å². The van der Waals surface area contributed by atoms with Crippen molar-refractivity contribution in [3.05, 3.63) is 0 Å². The summed E-state index contributed by atoms with van der Waals surface area (Å²) in [5, 5.41) is 8.95. The zero-order chi connectivity index (χ0) is 18.8. The van der Waals surface area contributed by atoms with Gasteiger partial charge in [0, 0.05) is 6.42 Å². The molecule has 0 aliphatic carbocycles. The minimum atomic E-state index is -1.23. The van der Waals surface area contributed by atoms with Gasteiger partial charge in [0.15, 0.2) is 0 Å². The third-order valence-electron chi connectivity index (χ3n) is 4.54. The molecule has 0 fully saturated rings. The molecule has 0 aromatic heterocycles. The molecule has 27 heavy (non-hydrogen) atoms. The van der Waals surface area contributed by atoms with Gasteiger partial charge in [0.1, 0.15) is 6.10 Å². The van der Waals surface area contributed by atoms with E-state index in [0.29, 0.717) is 0 Å². The van der Waals surface area contributed by atoms with Gasteiger partial charge in [0.05, 0.1) is 0 Å². The van der Waals surface area contributed by atoms with E-state index in [1.165, 1.54) is 84.0 Å². The van der Waals surface area contributed by atoms with Crippen LogP contribution in [0.2, 0.25) is 0 Å². The summed E-state index contributed by atoms with van der Waals surface area (Å²) in [4.78, 5) is 22.4.